The van der Waals surface area contributed by atoms with E-state index < -0.39 is 23.6 Å². The Kier molecular flexibility index (Phi) is 4.21. The van der Waals surface area contributed by atoms with Crippen LogP contribution in [0.1, 0.15) is 34.5 Å². The van der Waals surface area contributed by atoms with Gasteiger partial charge in [-0.1, -0.05) is 6.07 Å². The molecule has 0 aliphatic carbocycles. The van der Waals surface area contributed by atoms with Crippen LogP contribution in [0.2, 0.25) is 0 Å². The Morgan fingerprint density at radius 2 is 1.81 bits per heavy atom. The molecule has 1 atom stereocenters. The van der Waals surface area contributed by atoms with E-state index >= 15 is 0 Å². The number of nitrogens with two attached hydrogens (primary N) is 1. The van der Waals surface area contributed by atoms with Crippen LogP contribution in [-0.4, -0.2) is 5.91 Å². The van der Waals surface area contributed by atoms with Gasteiger partial charge in [0.15, 0.2) is 0 Å². The molecular weight excluding hydrogens is 274 g/mol. The number of benzene rings is 2. The fourth-order valence-corrected chi connectivity index (χ4v) is 2.22. The molecule has 1 unspecified atom stereocenters. The molecule has 0 saturated carbocycles. The number of carbonyl (C=O) groups excluding carboxylic acids is 1. The van der Waals surface area contributed by atoms with Gasteiger partial charge in [0.1, 0.15) is 11.6 Å². The van der Waals surface area contributed by atoms with Crippen LogP contribution in [0.5, 0.6) is 0 Å². The number of hydrogen-bond acceptors (Lipinski definition) is 2. The SMILES string of the molecule is Cc1cc(N)cc(C(=O)NC(C)c2c(F)cccc2F)c1. The summed E-state index contributed by atoms with van der Waals surface area (Å²) in [5.74, 6) is -1.81. The predicted octanol–water partition coefficient (Wildman–Crippen LogP) is 3.35. The number of amides is 1. The van der Waals surface area contributed by atoms with Gasteiger partial charge in [-0.15, -0.1) is 0 Å². The summed E-state index contributed by atoms with van der Waals surface area (Å²) in [6.07, 6.45) is 0. The normalized spacial score (nSPS) is 12.0. The highest BCUT2D eigenvalue weighted by molar-refractivity contribution is 5.95. The molecule has 110 valence electrons. The summed E-state index contributed by atoms with van der Waals surface area (Å²) in [6.45, 7) is 3.34. The Bertz CT molecular complexity index is 645. The Morgan fingerprint density at radius 1 is 1.19 bits per heavy atom. The lowest BCUT2D eigenvalue weighted by Crippen LogP contribution is -2.28. The third-order valence-electron chi connectivity index (χ3n) is 3.14. The molecule has 0 aliphatic heterocycles. The number of aryl methyl sites for hydroxylation is 1. The molecule has 0 aliphatic rings. The summed E-state index contributed by atoms with van der Waals surface area (Å²) in [4.78, 5) is 12.1. The van der Waals surface area contributed by atoms with Gasteiger partial charge in [0.05, 0.1) is 6.04 Å². The van der Waals surface area contributed by atoms with Crippen molar-refractivity contribution in [2.45, 2.75) is 19.9 Å². The van der Waals surface area contributed by atoms with Crippen LogP contribution >= 0.6 is 0 Å². The molecule has 2 aromatic carbocycles. The lowest BCUT2D eigenvalue weighted by molar-refractivity contribution is 0.0938. The van der Waals surface area contributed by atoms with Crippen molar-refractivity contribution in [1.82, 2.24) is 5.32 Å². The highest BCUT2D eigenvalue weighted by Gasteiger charge is 2.18. The summed E-state index contributed by atoms with van der Waals surface area (Å²) in [5, 5.41) is 2.57. The van der Waals surface area contributed by atoms with Crippen LogP contribution in [0.25, 0.3) is 0 Å². The van der Waals surface area contributed by atoms with Crippen molar-refractivity contribution >= 4 is 11.6 Å². The zero-order valence-corrected chi connectivity index (χ0v) is 11.8. The van der Waals surface area contributed by atoms with Crippen LogP contribution in [-0.2, 0) is 0 Å². The number of halogens is 2. The quantitative estimate of drug-likeness (QED) is 0.852. The first-order valence-electron chi connectivity index (χ1n) is 6.50. The van der Waals surface area contributed by atoms with Gasteiger partial charge in [-0.05, 0) is 49.7 Å². The summed E-state index contributed by atoms with van der Waals surface area (Å²) in [7, 11) is 0. The number of anilines is 1. The number of nitrogen functional groups attached to an aromatic ring is 1. The fraction of sp³-hybridized carbons (Fsp3) is 0.188. The van der Waals surface area contributed by atoms with E-state index in [2.05, 4.69) is 5.32 Å². The Morgan fingerprint density at radius 3 is 2.38 bits per heavy atom. The van der Waals surface area contributed by atoms with Gasteiger partial charge in [0.2, 0.25) is 0 Å². The van der Waals surface area contributed by atoms with Crippen molar-refractivity contribution in [3.63, 3.8) is 0 Å². The summed E-state index contributed by atoms with van der Waals surface area (Å²) < 4.78 is 27.3. The van der Waals surface area contributed by atoms with E-state index in [0.717, 1.165) is 17.7 Å². The van der Waals surface area contributed by atoms with Gasteiger partial charge >= 0.3 is 0 Å². The number of carbonyl (C=O) groups is 1. The number of nitrogens with one attached hydrogen (secondary N) is 1. The van der Waals surface area contributed by atoms with Gasteiger partial charge in [0.25, 0.3) is 5.91 Å². The van der Waals surface area contributed by atoms with E-state index in [1.54, 1.807) is 12.1 Å². The minimum Gasteiger partial charge on any atom is -0.399 e. The molecule has 3 nitrogen and oxygen atoms in total. The predicted molar refractivity (Wildman–Crippen MR) is 77.8 cm³/mol. The van der Waals surface area contributed by atoms with Crippen LogP contribution in [0.3, 0.4) is 0 Å². The molecule has 21 heavy (non-hydrogen) atoms. The van der Waals surface area contributed by atoms with Gasteiger partial charge in [0, 0.05) is 16.8 Å². The highest BCUT2D eigenvalue weighted by atomic mass is 19.1. The zero-order valence-electron chi connectivity index (χ0n) is 11.8. The molecule has 0 spiro atoms. The maximum Gasteiger partial charge on any atom is 0.251 e. The molecular formula is C16H16F2N2O. The Labute approximate surface area is 121 Å². The van der Waals surface area contributed by atoms with E-state index in [1.165, 1.54) is 19.1 Å². The maximum absolute atomic E-state index is 13.7. The smallest absolute Gasteiger partial charge is 0.251 e. The average molecular weight is 290 g/mol. The lowest BCUT2D eigenvalue weighted by atomic mass is 10.1. The first-order valence-corrected chi connectivity index (χ1v) is 6.50. The fourth-order valence-electron chi connectivity index (χ4n) is 2.22. The summed E-state index contributed by atoms with van der Waals surface area (Å²) >= 11 is 0. The average Bonchev–Trinajstić information content (AvgIpc) is 2.37. The number of hydrogen-bond donors (Lipinski definition) is 2. The van der Waals surface area contributed by atoms with E-state index in [9.17, 15) is 13.6 Å². The van der Waals surface area contributed by atoms with Crippen molar-refractivity contribution in [3.8, 4) is 0 Å². The Balaban J connectivity index is 2.23. The molecule has 0 aromatic heterocycles. The van der Waals surface area contributed by atoms with Gasteiger partial charge in [-0.3, -0.25) is 4.79 Å². The molecule has 3 N–H and O–H groups in total. The Hall–Kier alpha value is -2.43. The number of rotatable bonds is 3. The van der Waals surface area contributed by atoms with Crippen LogP contribution in [0, 0.1) is 18.6 Å². The minimum absolute atomic E-state index is 0.161. The molecule has 0 bridgehead atoms. The third-order valence-corrected chi connectivity index (χ3v) is 3.14. The van der Waals surface area contributed by atoms with E-state index in [1.807, 2.05) is 6.92 Å². The van der Waals surface area contributed by atoms with E-state index in [-0.39, 0.29) is 5.56 Å². The van der Waals surface area contributed by atoms with Gasteiger partial charge in [-0.25, -0.2) is 8.78 Å². The lowest BCUT2D eigenvalue weighted by Gasteiger charge is -2.16. The molecule has 1 amide bonds. The molecule has 2 aromatic rings. The molecule has 2 rings (SSSR count). The van der Waals surface area contributed by atoms with Crippen LogP contribution < -0.4 is 11.1 Å². The van der Waals surface area contributed by atoms with Crippen molar-refractivity contribution < 1.29 is 13.6 Å². The molecule has 0 saturated heterocycles. The molecule has 0 fully saturated rings. The largest absolute Gasteiger partial charge is 0.399 e. The molecule has 0 heterocycles. The van der Waals surface area contributed by atoms with Crippen molar-refractivity contribution in [3.05, 3.63) is 64.7 Å². The summed E-state index contributed by atoms with van der Waals surface area (Å²) in [6, 6.07) is 7.72. The highest BCUT2D eigenvalue weighted by Crippen LogP contribution is 2.21. The summed E-state index contributed by atoms with van der Waals surface area (Å²) in [5.41, 5.74) is 7.18. The van der Waals surface area contributed by atoms with Crippen molar-refractivity contribution in [1.29, 1.82) is 0 Å². The maximum atomic E-state index is 13.7. The van der Waals surface area contributed by atoms with Crippen molar-refractivity contribution in [2.75, 3.05) is 5.73 Å². The molecule has 0 radical (unpaired) electrons. The standard InChI is InChI=1S/C16H16F2N2O/c1-9-6-11(8-12(19)7-9)16(21)20-10(2)15-13(17)4-3-5-14(15)18/h3-8,10H,19H2,1-2H3,(H,20,21). The van der Waals surface area contributed by atoms with E-state index in [0.29, 0.717) is 11.3 Å². The second kappa shape index (κ2) is 5.91. The second-order valence-electron chi connectivity index (χ2n) is 4.96. The molecule has 5 heteroatoms. The zero-order chi connectivity index (χ0) is 15.6. The minimum atomic E-state index is -0.791. The van der Waals surface area contributed by atoms with Crippen molar-refractivity contribution in [2.24, 2.45) is 0 Å². The topological polar surface area (TPSA) is 55.1 Å². The van der Waals surface area contributed by atoms with Crippen LogP contribution in [0.15, 0.2) is 36.4 Å². The van der Waals surface area contributed by atoms with E-state index in [4.69, 9.17) is 5.73 Å². The first kappa shape index (κ1) is 15.0. The monoisotopic (exact) mass is 290 g/mol. The van der Waals surface area contributed by atoms with Gasteiger partial charge in [-0.2, -0.15) is 0 Å². The first-order chi connectivity index (χ1) is 9.88. The van der Waals surface area contributed by atoms with Gasteiger partial charge < -0.3 is 11.1 Å². The van der Waals surface area contributed by atoms with Crippen LogP contribution in [0.4, 0.5) is 14.5 Å². The second-order valence-corrected chi connectivity index (χ2v) is 4.96. The third kappa shape index (κ3) is 3.37.